The van der Waals surface area contributed by atoms with Gasteiger partial charge in [0.25, 0.3) is 5.91 Å². The van der Waals surface area contributed by atoms with E-state index in [2.05, 4.69) is 5.32 Å². The van der Waals surface area contributed by atoms with Crippen LogP contribution in [-0.2, 0) is 20.7 Å². The second-order valence-electron chi connectivity index (χ2n) is 5.25. The first-order chi connectivity index (χ1) is 11.9. The van der Waals surface area contributed by atoms with Crippen LogP contribution in [0.25, 0.3) is 0 Å². The lowest BCUT2D eigenvalue weighted by Crippen LogP contribution is -2.30. The van der Waals surface area contributed by atoms with Crippen LogP contribution in [-0.4, -0.2) is 25.1 Å². The molecule has 5 nitrogen and oxygen atoms in total. The smallest absolute Gasteiger partial charge is 0.311 e. The Morgan fingerprint density at radius 3 is 2.60 bits per heavy atom. The van der Waals surface area contributed by atoms with Crippen molar-refractivity contribution in [1.82, 2.24) is 0 Å². The van der Waals surface area contributed by atoms with E-state index in [1.165, 1.54) is 26.2 Å². The molecular formula is C18H17ClFNO4. The van der Waals surface area contributed by atoms with Crippen LogP contribution in [0.5, 0.6) is 5.75 Å². The van der Waals surface area contributed by atoms with Gasteiger partial charge in [-0.25, -0.2) is 4.39 Å². The van der Waals surface area contributed by atoms with Gasteiger partial charge in [0.05, 0.1) is 24.2 Å². The highest BCUT2D eigenvalue weighted by Crippen LogP contribution is 2.21. The summed E-state index contributed by atoms with van der Waals surface area (Å²) in [7, 11) is 1.35. The van der Waals surface area contributed by atoms with Crippen molar-refractivity contribution in [2.75, 3.05) is 12.4 Å². The van der Waals surface area contributed by atoms with Crippen LogP contribution in [0.3, 0.4) is 0 Å². The van der Waals surface area contributed by atoms with E-state index in [4.69, 9.17) is 21.1 Å². The second-order valence-corrected chi connectivity index (χ2v) is 5.65. The summed E-state index contributed by atoms with van der Waals surface area (Å²) in [5, 5.41) is 2.96. The quantitative estimate of drug-likeness (QED) is 0.794. The summed E-state index contributed by atoms with van der Waals surface area (Å²) in [4.78, 5) is 24.0. The fraction of sp³-hybridized carbons (Fsp3) is 0.222. The van der Waals surface area contributed by atoms with Crippen molar-refractivity contribution in [3.8, 4) is 5.75 Å². The molecule has 0 fully saturated rings. The van der Waals surface area contributed by atoms with Crippen LogP contribution >= 0.6 is 11.6 Å². The highest BCUT2D eigenvalue weighted by atomic mass is 35.5. The first-order valence-corrected chi connectivity index (χ1v) is 7.85. The van der Waals surface area contributed by atoms with E-state index in [9.17, 15) is 14.0 Å². The van der Waals surface area contributed by atoms with Crippen LogP contribution in [0, 0.1) is 5.82 Å². The minimum Gasteiger partial charge on any atom is -0.494 e. The van der Waals surface area contributed by atoms with Gasteiger partial charge in [-0.3, -0.25) is 9.59 Å². The summed E-state index contributed by atoms with van der Waals surface area (Å²) in [5.74, 6) is -1.64. The molecule has 0 aliphatic rings. The van der Waals surface area contributed by atoms with Gasteiger partial charge in [0.1, 0.15) is 0 Å². The van der Waals surface area contributed by atoms with Gasteiger partial charge in [-0.2, -0.15) is 0 Å². The number of nitrogens with one attached hydrogen (secondary N) is 1. The highest BCUT2D eigenvalue weighted by molar-refractivity contribution is 6.33. The number of halogens is 2. The third kappa shape index (κ3) is 5.19. The van der Waals surface area contributed by atoms with Crippen LogP contribution < -0.4 is 10.1 Å². The highest BCUT2D eigenvalue weighted by Gasteiger charge is 2.19. The molecule has 0 heterocycles. The minimum atomic E-state index is -1.02. The summed E-state index contributed by atoms with van der Waals surface area (Å²) in [6.45, 7) is 1.44. The lowest BCUT2D eigenvalue weighted by molar-refractivity contribution is -0.152. The second kappa shape index (κ2) is 8.48. The van der Waals surface area contributed by atoms with Crippen molar-refractivity contribution in [3.05, 3.63) is 58.9 Å². The lowest BCUT2D eigenvalue weighted by Gasteiger charge is -2.14. The maximum Gasteiger partial charge on any atom is 0.311 e. The first kappa shape index (κ1) is 18.7. The molecule has 132 valence electrons. The monoisotopic (exact) mass is 365 g/mol. The number of carbonyl (C=O) groups excluding carboxylic acids is 2. The molecule has 0 radical (unpaired) electrons. The maximum absolute atomic E-state index is 13.6. The number of amides is 1. The van der Waals surface area contributed by atoms with Crippen molar-refractivity contribution in [1.29, 1.82) is 0 Å². The zero-order valence-electron chi connectivity index (χ0n) is 13.7. The maximum atomic E-state index is 13.6. The van der Waals surface area contributed by atoms with Crippen molar-refractivity contribution in [2.45, 2.75) is 19.4 Å². The van der Waals surface area contributed by atoms with E-state index in [0.717, 1.165) is 0 Å². The van der Waals surface area contributed by atoms with Crippen LogP contribution in [0.2, 0.25) is 5.02 Å². The third-order valence-corrected chi connectivity index (χ3v) is 3.70. The molecule has 1 unspecified atom stereocenters. The largest absolute Gasteiger partial charge is 0.494 e. The predicted molar refractivity (Wildman–Crippen MR) is 92.3 cm³/mol. The molecule has 2 aromatic rings. The summed E-state index contributed by atoms with van der Waals surface area (Å²) >= 11 is 5.96. The molecule has 7 heteroatoms. The average Bonchev–Trinajstić information content (AvgIpc) is 2.57. The number of esters is 1. The number of hydrogen-bond donors (Lipinski definition) is 1. The van der Waals surface area contributed by atoms with Crippen LogP contribution in [0.15, 0.2) is 42.5 Å². The van der Waals surface area contributed by atoms with Crippen LogP contribution in [0.4, 0.5) is 10.1 Å². The molecule has 2 aromatic carbocycles. The molecule has 25 heavy (non-hydrogen) atoms. The van der Waals surface area contributed by atoms with Crippen molar-refractivity contribution in [2.24, 2.45) is 0 Å². The van der Waals surface area contributed by atoms with E-state index < -0.39 is 23.8 Å². The molecular weight excluding hydrogens is 349 g/mol. The number of benzene rings is 2. The SMILES string of the molecule is COc1ccc(CC(=O)OC(C)C(=O)Nc2ccccc2Cl)cc1F. The molecule has 0 aliphatic carbocycles. The van der Waals surface area contributed by atoms with Gasteiger partial charge >= 0.3 is 5.97 Å². The standard InChI is InChI=1S/C18H17ClFNO4/c1-11(18(23)21-15-6-4-3-5-13(15)19)25-17(22)10-12-7-8-16(24-2)14(20)9-12/h3-9,11H,10H2,1-2H3,(H,21,23). The van der Waals surface area contributed by atoms with E-state index >= 15 is 0 Å². The topological polar surface area (TPSA) is 64.6 Å². The van der Waals surface area contributed by atoms with Gasteiger partial charge in [0.15, 0.2) is 17.7 Å². The van der Waals surface area contributed by atoms with E-state index in [-0.39, 0.29) is 12.2 Å². The molecule has 0 bridgehead atoms. The molecule has 1 amide bonds. The molecule has 0 spiro atoms. The Balaban J connectivity index is 1.92. The molecule has 0 saturated heterocycles. The summed E-state index contributed by atoms with van der Waals surface area (Å²) < 4.78 is 23.5. The number of ether oxygens (including phenoxy) is 2. The number of anilines is 1. The lowest BCUT2D eigenvalue weighted by atomic mass is 10.1. The number of para-hydroxylation sites is 1. The zero-order chi connectivity index (χ0) is 18.4. The predicted octanol–water partition coefficient (Wildman–Crippen LogP) is 3.60. The number of rotatable bonds is 6. The fourth-order valence-electron chi connectivity index (χ4n) is 2.08. The Kier molecular flexibility index (Phi) is 6.36. The number of carbonyl (C=O) groups is 2. The van der Waals surface area contributed by atoms with Gasteiger partial charge in [-0.15, -0.1) is 0 Å². The van der Waals surface area contributed by atoms with Crippen molar-refractivity contribution < 1.29 is 23.5 Å². The van der Waals surface area contributed by atoms with Gasteiger partial charge < -0.3 is 14.8 Å². The Labute approximate surface area is 149 Å². The van der Waals surface area contributed by atoms with Gasteiger partial charge in [0, 0.05) is 0 Å². The van der Waals surface area contributed by atoms with Crippen LogP contribution in [0.1, 0.15) is 12.5 Å². The Morgan fingerprint density at radius 2 is 1.96 bits per heavy atom. The van der Waals surface area contributed by atoms with Gasteiger partial charge in [-0.1, -0.05) is 29.8 Å². The average molecular weight is 366 g/mol. The summed E-state index contributed by atoms with van der Waals surface area (Å²) in [6, 6.07) is 10.9. The Hall–Kier alpha value is -2.60. The van der Waals surface area contributed by atoms with E-state index in [1.54, 1.807) is 30.3 Å². The van der Waals surface area contributed by atoms with Gasteiger partial charge in [-0.05, 0) is 36.8 Å². The molecule has 0 aliphatic heterocycles. The third-order valence-electron chi connectivity index (χ3n) is 3.37. The van der Waals surface area contributed by atoms with E-state index in [1.807, 2.05) is 0 Å². The molecule has 2 rings (SSSR count). The summed E-state index contributed by atoms with van der Waals surface area (Å²) in [5.41, 5.74) is 0.844. The Bertz CT molecular complexity index is 781. The number of methoxy groups -OCH3 is 1. The molecule has 1 N–H and O–H groups in total. The van der Waals surface area contributed by atoms with E-state index in [0.29, 0.717) is 16.3 Å². The molecule has 1 atom stereocenters. The summed E-state index contributed by atoms with van der Waals surface area (Å²) in [6.07, 6.45) is -1.18. The fourth-order valence-corrected chi connectivity index (χ4v) is 2.26. The normalized spacial score (nSPS) is 11.5. The van der Waals surface area contributed by atoms with Crippen molar-refractivity contribution in [3.63, 3.8) is 0 Å². The van der Waals surface area contributed by atoms with Gasteiger partial charge in [0.2, 0.25) is 0 Å². The number of hydrogen-bond acceptors (Lipinski definition) is 4. The molecule has 0 saturated carbocycles. The minimum absolute atomic E-state index is 0.0876. The Morgan fingerprint density at radius 1 is 1.24 bits per heavy atom. The first-order valence-electron chi connectivity index (χ1n) is 7.48. The van der Waals surface area contributed by atoms with Crippen molar-refractivity contribution >= 4 is 29.2 Å². The zero-order valence-corrected chi connectivity index (χ0v) is 14.5. The molecule has 0 aromatic heterocycles.